The van der Waals surface area contributed by atoms with Crippen LogP contribution in [0, 0.1) is 13.8 Å². The molecule has 0 aliphatic carbocycles. The molecule has 0 radical (unpaired) electrons. The number of aromatic nitrogens is 2. The summed E-state index contributed by atoms with van der Waals surface area (Å²) in [7, 11) is 0. The van der Waals surface area contributed by atoms with Crippen molar-refractivity contribution in [2.45, 2.75) is 33.3 Å². The Hall–Kier alpha value is -2.51. The van der Waals surface area contributed by atoms with Crippen molar-refractivity contribution in [3.05, 3.63) is 47.3 Å². The number of para-hydroxylation sites is 1. The van der Waals surface area contributed by atoms with Crippen molar-refractivity contribution in [2.24, 2.45) is 0 Å². The number of nitrogens with zero attached hydrogens (tertiary/aromatic N) is 2. The second-order valence-corrected chi connectivity index (χ2v) is 5.02. The highest BCUT2D eigenvalue weighted by molar-refractivity contribution is 5.75. The third-order valence-corrected chi connectivity index (χ3v) is 3.07. The molecule has 1 heterocycles. The number of aryl methyl sites for hydroxylation is 2. The number of nitrogens with one attached hydrogen (secondary N) is 1. The van der Waals surface area contributed by atoms with Crippen LogP contribution in [0.15, 0.2) is 30.3 Å². The minimum atomic E-state index is -4.77. The van der Waals surface area contributed by atoms with Crippen molar-refractivity contribution in [3.8, 4) is 5.75 Å². The maximum Gasteiger partial charge on any atom is 0.573 e. The Morgan fingerprint density at radius 1 is 1.30 bits per heavy atom. The van der Waals surface area contributed by atoms with Crippen molar-refractivity contribution >= 4 is 5.91 Å². The summed E-state index contributed by atoms with van der Waals surface area (Å²) >= 11 is 0. The molecule has 0 atom stereocenters. The molecular weight excluding hydrogens is 311 g/mol. The largest absolute Gasteiger partial charge is 0.573 e. The lowest BCUT2D eigenvalue weighted by molar-refractivity contribution is -0.274. The van der Waals surface area contributed by atoms with E-state index in [2.05, 4.69) is 15.2 Å². The zero-order chi connectivity index (χ0) is 17.0. The molecule has 2 rings (SSSR count). The van der Waals surface area contributed by atoms with E-state index in [0.717, 1.165) is 11.4 Å². The van der Waals surface area contributed by atoms with Crippen LogP contribution >= 0.6 is 0 Å². The van der Waals surface area contributed by atoms with Crippen LogP contribution < -0.4 is 10.1 Å². The number of ether oxygens (including phenoxy) is 1. The molecule has 1 amide bonds. The molecule has 0 bridgehead atoms. The Morgan fingerprint density at radius 3 is 2.61 bits per heavy atom. The minimum Gasteiger partial charge on any atom is -0.405 e. The minimum absolute atomic E-state index is 0.00195. The van der Waals surface area contributed by atoms with Gasteiger partial charge >= 0.3 is 6.36 Å². The van der Waals surface area contributed by atoms with Crippen molar-refractivity contribution in [3.63, 3.8) is 0 Å². The van der Waals surface area contributed by atoms with E-state index in [1.807, 2.05) is 19.9 Å². The van der Waals surface area contributed by atoms with E-state index in [9.17, 15) is 18.0 Å². The molecule has 0 aliphatic rings. The zero-order valence-electron chi connectivity index (χ0n) is 12.6. The molecule has 0 unspecified atom stereocenters. The van der Waals surface area contributed by atoms with E-state index in [1.54, 1.807) is 6.07 Å². The maximum atomic E-state index is 12.3. The number of hydrogen-bond acceptors (Lipinski definition) is 3. The maximum absolute atomic E-state index is 12.3. The van der Waals surface area contributed by atoms with Gasteiger partial charge in [0.25, 0.3) is 0 Å². The summed E-state index contributed by atoms with van der Waals surface area (Å²) in [6, 6.07) is 7.51. The third kappa shape index (κ3) is 5.01. The summed E-state index contributed by atoms with van der Waals surface area (Å²) in [5.74, 6) is -0.676. The lowest BCUT2D eigenvalue weighted by Crippen LogP contribution is -2.28. The highest BCUT2D eigenvalue weighted by Gasteiger charge is 2.31. The van der Waals surface area contributed by atoms with Crippen LogP contribution in [-0.2, 0) is 17.9 Å². The molecular formula is C15H16F3N3O2. The fraction of sp³-hybridized carbons (Fsp3) is 0.333. The van der Waals surface area contributed by atoms with Crippen molar-refractivity contribution in [1.82, 2.24) is 15.1 Å². The summed E-state index contributed by atoms with van der Waals surface area (Å²) in [6.07, 6.45) is -4.77. The van der Waals surface area contributed by atoms with Crippen LogP contribution in [-0.4, -0.2) is 22.1 Å². The first-order valence-corrected chi connectivity index (χ1v) is 6.86. The molecule has 0 spiro atoms. The van der Waals surface area contributed by atoms with Gasteiger partial charge in [-0.3, -0.25) is 9.48 Å². The predicted octanol–water partition coefficient (Wildman–Crippen LogP) is 2.71. The second kappa shape index (κ2) is 6.72. The molecule has 1 aromatic heterocycles. The smallest absolute Gasteiger partial charge is 0.405 e. The fourth-order valence-corrected chi connectivity index (χ4v) is 2.09. The normalized spacial score (nSPS) is 11.3. The molecule has 2 aromatic rings. The van der Waals surface area contributed by atoms with E-state index >= 15 is 0 Å². The topological polar surface area (TPSA) is 56.2 Å². The summed E-state index contributed by atoms with van der Waals surface area (Å²) in [5, 5.41) is 6.72. The van der Waals surface area contributed by atoms with Gasteiger partial charge in [0.1, 0.15) is 12.3 Å². The molecule has 0 fully saturated rings. The van der Waals surface area contributed by atoms with E-state index in [-0.39, 0.29) is 30.3 Å². The van der Waals surface area contributed by atoms with E-state index in [0.29, 0.717) is 0 Å². The third-order valence-electron chi connectivity index (χ3n) is 3.07. The van der Waals surface area contributed by atoms with Crippen LogP contribution in [0.25, 0.3) is 0 Å². The summed E-state index contributed by atoms with van der Waals surface area (Å²) in [4.78, 5) is 11.9. The van der Waals surface area contributed by atoms with Crippen molar-refractivity contribution in [2.75, 3.05) is 0 Å². The van der Waals surface area contributed by atoms with Crippen LogP contribution in [0.2, 0.25) is 0 Å². The summed E-state index contributed by atoms with van der Waals surface area (Å²) < 4.78 is 42.5. The fourth-order valence-electron chi connectivity index (χ4n) is 2.09. The molecule has 23 heavy (non-hydrogen) atoms. The molecule has 1 N–H and O–H groups in total. The first-order valence-electron chi connectivity index (χ1n) is 6.86. The van der Waals surface area contributed by atoms with Gasteiger partial charge in [0.2, 0.25) is 5.91 Å². The van der Waals surface area contributed by atoms with E-state index in [1.165, 1.54) is 22.9 Å². The van der Waals surface area contributed by atoms with Gasteiger partial charge in [-0.15, -0.1) is 13.2 Å². The number of halogens is 3. The number of rotatable bonds is 5. The second-order valence-electron chi connectivity index (χ2n) is 5.02. The van der Waals surface area contributed by atoms with Gasteiger partial charge in [-0.05, 0) is 26.0 Å². The molecule has 124 valence electrons. The van der Waals surface area contributed by atoms with Gasteiger partial charge < -0.3 is 10.1 Å². The first-order chi connectivity index (χ1) is 10.7. The van der Waals surface area contributed by atoms with E-state index in [4.69, 9.17) is 0 Å². The molecule has 0 aliphatic heterocycles. The first kappa shape index (κ1) is 16.9. The number of benzene rings is 1. The number of carbonyl (C=O) groups excluding carboxylic acids is 1. The Bertz CT molecular complexity index is 696. The molecule has 0 saturated carbocycles. The van der Waals surface area contributed by atoms with Crippen molar-refractivity contribution in [1.29, 1.82) is 0 Å². The quantitative estimate of drug-likeness (QED) is 0.919. The van der Waals surface area contributed by atoms with Crippen LogP contribution in [0.4, 0.5) is 13.2 Å². The van der Waals surface area contributed by atoms with Gasteiger partial charge in [-0.25, -0.2) is 0 Å². The van der Waals surface area contributed by atoms with Gasteiger partial charge in [0.05, 0.1) is 5.69 Å². The number of carbonyl (C=O) groups is 1. The monoisotopic (exact) mass is 327 g/mol. The predicted molar refractivity (Wildman–Crippen MR) is 76.7 cm³/mol. The lowest BCUT2D eigenvalue weighted by Gasteiger charge is -2.13. The highest BCUT2D eigenvalue weighted by atomic mass is 19.4. The Labute approximate surface area is 131 Å². The summed E-state index contributed by atoms with van der Waals surface area (Å²) in [6.45, 7) is 3.57. The zero-order valence-corrected chi connectivity index (χ0v) is 12.6. The summed E-state index contributed by atoms with van der Waals surface area (Å²) in [5.41, 5.74) is 1.87. The van der Waals surface area contributed by atoms with Crippen LogP contribution in [0.3, 0.4) is 0 Å². The molecule has 5 nitrogen and oxygen atoms in total. The van der Waals surface area contributed by atoms with E-state index < -0.39 is 6.36 Å². The van der Waals surface area contributed by atoms with Gasteiger partial charge in [-0.1, -0.05) is 18.2 Å². The lowest BCUT2D eigenvalue weighted by atomic mass is 10.2. The average Bonchev–Trinajstić information content (AvgIpc) is 2.74. The number of alkyl halides is 3. The highest BCUT2D eigenvalue weighted by Crippen LogP contribution is 2.26. The van der Waals surface area contributed by atoms with Crippen LogP contribution in [0.5, 0.6) is 5.75 Å². The van der Waals surface area contributed by atoms with Crippen molar-refractivity contribution < 1.29 is 22.7 Å². The van der Waals surface area contributed by atoms with Gasteiger partial charge in [0.15, 0.2) is 0 Å². The Morgan fingerprint density at radius 2 is 2.00 bits per heavy atom. The van der Waals surface area contributed by atoms with Crippen LogP contribution in [0.1, 0.15) is 17.0 Å². The SMILES string of the molecule is Cc1cc(C)n(CC(=O)NCc2ccccc2OC(F)(F)F)n1. The van der Waals surface area contributed by atoms with Gasteiger partial charge in [-0.2, -0.15) is 5.10 Å². The average molecular weight is 327 g/mol. The Kier molecular flexibility index (Phi) is 4.92. The molecule has 0 saturated heterocycles. The standard InChI is InChI=1S/C15H16F3N3O2/c1-10-7-11(2)21(20-10)9-14(22)19-8-12-5-3-4-6-13(12)23-15(16,17)18/h3-7H,8-9H2,1-2H3,(H,19,22). The molecule has 8 heteroatoms. The Balaban J connectivity index is 1.98. The number of amides is 1. The van der Waals surface area contributed by atoms with Gasteiger partial charge in [0, 0.05) is 17.8 Å². The number of hydrogen-bond donors (Lipinski definition) is 1. The molecule has 1 aromatic carbocycles.